The summed E-state index contributed by atoms with van der Waals surface area (Å²) in [5.41, 5.74) is 0.891. The summed E-state index contributed by atoms with van der Waals surface area (Å²) in [4.78, 5) is 27.2. The van der Waals surface area contributed by atoms with Crippen LogP contribution in [0.1, 0.15) is 50.5 Å². The van der Waals surface area contributed by atoms with Crippen molar-refractivity contribution in [1.82, 2.24) is 10.3 Å². The number of hydrogen-bond acceptors (Lipinski definition) is 5. The molecule has 1 aromatic heterocycles. The largest absolute Gasteiger partial charge is 0.479 e. The van der Waals surface area contributed by atoms with Crippen molar-refractivity contribution in [2.24, 2.45) is 0 Å². The molecule has 1 saturated carbocycles. The van der Waals surface area contributed by atoms with E-state index >= 15 is 0 Å². The first kappa shape index (κ1) is 17.7. The Hall–Kier alpha value is -2.15. The summed E-state index contributed by atoms with van der Waals surface area (Å²) in [5.74, 6) is -0.717. The minimum Gasteiger partial charge on any atom is -0.479 e. The number of aliphatic carboxylic acids is 1. The summed E-state index contributed by atoms with van der Waals surface area (Å²) in [7, 11) is 0. The fourth-order valence-corrected chi connectivity index (χ4v) is 3.29. The molecule has 1 amide bonds. The van der Waals surface area contributed by atoms with Gasteiger partial charge in [0.05, 0.1) is 0 Å². The van der Waals surface area contributed by atoms with Crippen molar-refractivity contribution in [2.75, 3.05) is 0 Å². The van der Waals surface area contributed by atoms with Crippen molar-refractivity contribution >= 4 is 11.9 Å². The summed E-state index contributed by atoms with van der Waals surface area (Å²) in [6.45, 7) is 0.333. The Bertz CT molecular complexity index is 615. The van der Waals surface area contributed by atoms with Crippen LogP contribution in [0, 0.1) is 0 Å². The number of nitrogens with one attached hydrogen (secondary N) is 1. The minimum atomic E-state index is -1.02. The van der Waals surface area contributed by atoms with Gasteiger partial charge in [-0.15, -0.1) is 0 Å². The SMILES string of the molecule is O=C(NCc1ccnc(OC2CCCCC2)c1)[C@@H]1CC[C@H](C(=O)O)O1. The summed E-state index contributed by atoms with van der Waals surface area (Å²) in [6, 6.07) is 3.66. The zero-order valence-corrected chi connectivity index (χ0v) is 14.1. The van der Waals surface area contributed by atoms with Gasteiger partial charge in [0.25, 0.3) is 0 Å². The molecule has 7 heteroatoms. The topological polar surface area (TPSA) is 97.8 Å². The van der Waals surface area contributed by atoms with Crippen LogP contribution in [0.25, 0.3) is 0 Å². The van der Waals surface area contributed by atoms with E-state index in [1.54, 1.807) is 6.20 Å². The van der Waals surface area contributed by atoms with Crippen LogP contribution in [0.15, 0.2) is 18.3 Å². The van der Waals surface area contributed by atoms with Crippen molar-refractivity contribution in [3.63, 3.8) is 0 Å². The molecule has 0 bridgehead atoms. The molecule has 7 nitrogen and oxygen atoms in total. The van der Waals surface area contributed by atoms with Crippen LogP contribution in [0.2, 0.25) is 0 Å². The molecule has 1 aliphatic carbocycles. The van der Waals surface area contributed by atoms with Crippen LogP contribution in [0.3, 0.4) is 0 Å². The normalized spacial score (nSPS) is 24.0. The van der Waals surface area contributed by atoms with Gasteiger partial charge in [-0.3, -0.25) is 4.79 Å². The summed E-state index contributed by atoms with van der Waals surface area (Å²) >= 11 is 0. The molecule has 1 aromatic rings. The lowest BCUT2D eigenvalue weighted by Crippen LogP contribution is -2.35. The van der Waals surface area contributed by atoms with E-state index in [4.69, 9.17) is 14.6 Å². The number of aromatic nitrogens is 1. The van der Waals surface area contributed by atoms with Gasteiger partial charge in [0.2, 0.25) is 11.8 Å². The van der Waals surface area contributed by atoms with Gasteiger partial charge in [-0.05, 0) is 50.2 Å². The summed E-state index contributed by atoms with van der Waals surface area (Å²) < 4.78 is 11.2. The number of carbonyl (C=O) groups excluding carboxylic acids is 1. The zero-order valence-electron chi connectivity index (χ0n) is 14.1. The lowest BCUT2D eigenvalue weighted by atomic mass is 9.98. The zero-order chi connectivity index (χ0) is 17.6. The van der Waals surface area contributed by atoms with Gasteiger partial charge >= 0.3 is 5.97 Å². The van der Waals surface area contributed by atoms with Crippen molar-refractivity contribution < 1.29 is 24.2 Å². The third-order valence-corrected chi connectivity index (χ3v) is 4.69. The average molecular weight is 348 g/mol. The number of nitrogens with zero attached hydrogens (tertiary/aromatic N) is 1. The number of carbonyl (C=O) groups is 2. The van der Waals surface area contributed by atoms with E-state index in [0.717, 1.165) is 18.4 Å². The Morgan fingerprint density at radius 1 is 1.20 bits per heavy atom. The molecule has 25 heavy (non-hydrogen) atoms. The number of carboxylic acids is 1. The Balaban J connectivity index is 1.48. The lowest BCUT2D eigenvalue weighted by Gasteiger charge is -2.22. The maximum absolute atomic E-state index is 12.1. The number of rotatable bonds is 6. The van der Waals surface area contributed by atoms with Gasteiger partial charge in [0.1, 0.15) is 12.2 Å². The van der Waals surface area contributed by atoms with Crippen molar-refractivity contribution in [3.8, 4) is 5.88 Å². The Morgan fingerprint density at radius 3 is 2.68 bits per heavy atom. The Labute approximate surface area is 146 Å². The molecular weight excluding hydrogens is 324 g/mol. The number of hydrogen-bond donors (Lipinski definition) is 2. The molecule has 0 spiro atoms. The van der Waals surface area contributed by atoms with Gasteiger partial charge in [0, 0.05) is 18.8 Å². The summed E-state index contributed by atoms with van der Waals surface area (Å²) in [6.07, 6.45) is 6.89. The molecule has 136 valence electrons. The highest BCUT2D eigenvalue weighted by molar-refractivity contribution is 5.82. The van der Waals surface area contributed by atoms with E-state index in [2.05, 4.69) is 10.3 Å². The smallest absolute Gasteiger partial charge is 0.332 e. The second-order valence-corrected chi connectivity index (χ2v) is 6.63. The van der Waals surface area contributed by atoms with E-state index in [1.165, 1.54) is 19.3 Å². The first-order chi connectivity index (χ1) is 12.1. The highest BCUT2D eigenvalue weighted by Crippen LogP contribution is 2.23. The summed E-state index contributed by atoms with van der Waals surface area (Å²) in [5, 5.41) is 11.7. The van der Waals surface area contributed by atoms with Crippen molar-refractivity contribution in [3.05, 3.63) is 23.9 Å². The fraction of sp³-hybridized carbons (Fsp3) is 0.611. The number of pyridine rings is 1. The quantitative estimate of drug-likeness (QED) is 0.816. The van der Waals surface area contributed by atoms with Gasteiger partial charge in [0.15, 0.2) is 6.10 Å². The van der Waals surface area contributed by atoms with E-state index in [1.807, 2.05) is 12.1 Å². The second kappa shape index (κ2) is 8.29. The minimum absolute atomic E-state index is 0.228. The highest BCUT2D eigenvalue weighted by Gasteiger charge is 2.34. The van der Waals surface area contributed by atoms with Gasteiger partial charge < -0.3 is 19.9 Å². The first-order valence-corrected chi connectivity index (χ1v) is 8.89. The maximum atomic E-state index is 12.1. The molecule has 2 fully saturated rings. The van der Waals surface area contributed by atoms with Gasteiger partial charge in [-0.2, -0.15) is 0 Å². The molecule has 0 aromatic carbocycles. The van der Waals surface area contributed by atoms with Crippen LogP contribution in [-0.4, -0.2) is 40.3 Å². The molecular formula is C18H24N2O5. The molecule has 2 atom stereocenters. The molecule has 0 radical (unpaired) electrons. The molecule has 2 N–H and O–H groups in total. The fourth-order valence-electron chi connectivity index (χ4n) is 3.29. The van der Waals surface area contributed by atoms with E-state index in [-0.39, 0.29) is 12.0 Å². The standard InChI is InChI=1S/C18H24N2O5/c21-17(14-6-7-15(25-14)18(22)23)20-11-12-8-9-19-16(10-12)24-13-4-2-1-3-5-13/h8-10,13-15H,1-7,11H2,(H,20,21)(H,22,23)/t14-,15+/m0/s1. The Kier molecular flexibility index (Phi) is 5.86. The predicted molar refractivity (Wildman–Crippen MR) is 89.1 cm³/mol. The molecule has 2 aliphatic rings. The predicted octanol–water partition coefficient (Wildman–Crippen LogP) is 2.04. The third kappa shape index (κ3) is 4.92. The van der Waals surface area contributed by atoms with Crippen LogP contribution < -0.4 is 10.1 Å². The highest BCUT2D eigenvalue weighted by atomic mass is 16.5. The van der Waals surface area contributed by atoms with Crippen molar-refractivity contribution in [1.29, 1.82) is 0 Å². The molecule has 1 saturated heterocycles. The number of carboxylic acid groups (broad SMARTS) is 1. The second-order valence-electron chi connectivity index (χ2n) is 6.63. The lowest BCUT2D eigenvalue weighted by molar-refractivity contribution is -0.151. The van der Waals surface area contributed by atoms with Crippen LogP contribution >= 0.6 is 0 Å². The third-order valence-electron chi connectivity index (χ3n) is 4.69. The maximum Gasteiger partial charge on any atom is 0.332 e. The average Bonchev–Trinajstić information content (AvgIpc) is 3.11. The van der Waals surface area contributed by atoms with Crippen LogP contribution in [0.4, 0.5) is 0 Å². The molecule has 2 heterocycles. The molecule has 3 rings (SSSR count). The van der Waals surface area contributed by atoms with Gasteiger partial charge in [-0.25, -0.2) is 9.78 Å². The van der Waals surface area contributed by atoms with E-state index < -0.39 is 18.2 Å². The van der Waals surface area contributed by atoms with Crippen LogP contribution in [0.5, 0.6) is 5.88 Å². The number of ether oxygens (including phenoxy) is 2. The Morgan fingerprint density at radius 2 is 1.96 bits per heavy atom. The number of amides is 1. The van der Waals surface area contributed by atoms with Crippen molar-refractivity contribution in [2.45, 2.75) is 69.8 Å². The van der Waals surface area contributed by atoms with E-state index in [9.17, 15) is 9.59 Å². The monoisotopic (exact) mass is 348 g/mol. The van der Waals surface area contributed by atoms with Crippen LogP contribution in [-0.2, 0) is 20.9 Å². The van der Waals surface area contributed by atoms with E-state index in [0.29, 0.717) is 25.3 Å². The van der Waals surface area contributed by atoms with Gasteiger partial charge in [-0.1, -0.05) is 6.42 Å². The molecule has 1 aliphatic heterocycles. The first-order valence-electron chi connectivity index (χ1n) is 8.89. The molecule has 0 unspecified atom stereocenters.